The van der Waals surface area contributed by atoms with Crippen molar-refractivity contribution in [1.29, 1.82) is 0 Å². The summed E-state index contributed by atoms with van der Waals surface area (Å²) in [7, 11) is 3.25. The highest BCUT2D eigenvalue weighted by Crippen LogP contribution is 2.40. The average molecular weight is 242 g/mol. The first-order chi connectivity index (χ1) is 7.88. The molecule has 1 N–H and O–H groups in total. The van der Waals surface area contributed by atoms with Crippen LogP contribution in [0.4, 0.5) is 0 Å². The van der Waals surface area contributed by atoms with E-state index < -0.39 is 17.8 Å². The highest BCUT2D eigenvalue weighted by molar-refractivity contribution is 5.91. The predicted octanol–water partition coefficient (Wildman–Crippen LogP) is -0.356. The van der Waals surface area contributed by atoms with E-state index in [-0.39, 0.29) is 18.4 Å². The smallest absolute Gasteiger partial charge is 0.307 e. The van der Waals surface area contributed by atoms with E-state index in [2.05, 4.69) is 0 Å². The Kier molecular flexibility index (Phi) is 4.09. The van der Waals surface area contributed by atoms with Gasteiger partial charge in [-0.25, -0.2) is 0 Å². The number of carbonyl (C=O) groups excluding carboxylic acids is 2. The van der Waals surface area contributed by atoms with Gasteiger partial charge in [0.15, 0.2) is 0 Å². The Bertz CT molecular complexity index is 340. The lowest BCUT2D eigenvalue weighted by atomic mass is 10.2. The number of hydrogen-bond donors (Lipinski definition) is 1. The molecule has 1 aliphatic rings. The second-order valence-corrected chi connectivity index (χ2v) is 4.43. The maximum absolute atomic E-state index is 11.9. The summed E-state index contributed by atoms with van der Waals surface area (Å²) >= 11 is 0. The molecule has 6 heteroatoms. The van der Waals surface area contributed by atoms with Gasteiger partial charge < -0.3 is 14.9 Å². The fourth-order valence-electron chi connectivity index (χ4n) is 1.63. The van der Waals surface area contributed by atoms with Crippen LogP contribution in [0.5, 0.6) is 0 Å². The van der Waals surface area contributed by atoms with Crippen LogP contribution in [-0.2, 0) is 14.4 Å². The molecule has 0 radical (unpaired) electrons. The van der Waals surface area contributed by atoms with Gasteiger partial charge in [-0.3, -0.25) is 14.4 Å². The fourth-order valence-corrected chi connectivity index (χ4v) is 1.63. The van der Waals surface area contributed by atoms with Crippen LogP contribution < -0.4 is 0 Å². The fraction of sp³-hybridized carbons (Fsp3) is 0.727. The molecule has 2 atom stereocenters. The molecule has 0 aromatic carbocycles. The number of carboxylic acids is 1. The number of carbonyl (C=O) groups is 3. The first kappa shape index (κ1) is 13.5. The van der Waals surface area contributed by atoms with Gasteiger partial charge in [0.05, 0.1) is 18.4 Å². The molecule has 0 spiro atoms. The lowest BCUT2D eigenvalue weighted by Crippen LogP contribution is -2.41. The second-order valence-electron chi connectivity index (χ2n) is 4.43. The van der Waals surface area contributed by atoms with Gasteiger partial charge >= 0.3 is 5.97 Å². The topological polar surface area (TPSA) is 77.9 Å². The SMILES string of the molecule is CCN(CC(=O)N(C)C)C(=O)C1CC1C(=O)O. The van der Waals surface area contributed by atoms with E-state index in [0.29, 0.717) is 13.0 Å². The predicted molar refractivity (Wildman–Crippen MR) is 60.2 cm³/mol. The monoisotopic (exact) mass is 242 g/mol. The summed E-state index contributed by atoms with van der Waals surface area (Å²) in [5, 5.41) is 8.75. The quantitative estimate of drug-likeness (QED) is 0.714. The van der Waals surface area contributed by atoms with Crippen molar-refractivity contribution in [1.82, 2.24) is 9.80 Å². The van der Waals surface area contributed by atoms with Crippen LogP contribution in [0.15, 0.2) is 0 Å². The van der Waals surface area contributed by atoms with Crippen LogP contribution >= 0.6 is 0 Å². The number of amides is 2. The zero-order valence-electron chi connectivity index (χ0n) is 10.3. The molecule has 0 bridgehead atoms. The van der Waals surface area contributed by atoms with Gasteiger partial charge in [-0.05, 0) is 13.3 Å². The minimum absolute atomic E-state index is 0.0190. The highest BCUT2D eigenvalue weighted by atomic mass is 16.4. The van der Waals surface area contributed by atoms with Gasteiger partial charge in [-0.2, -0.15) is 0 Å². The molecule has 0 aromatic rings. The van der Waals surface area contributed by atoms with E-state index in [1.54, 1.807) is 21.0 Å². The molecule has 1 aliphatic carbocycles. The van der Waals surface area contributed by atoms with Crippen molar-refractivity contribution in [2.24, 2.45) is 11.8 Å². The molecule has 0 heterocycles. The lowest BCUT2D eigenvalue weighted by molar-refractivity contribution is -0.143. The van der Waals surface area contributed by atoms with Gasteiger partial charge in [0, 0.05) is 20.6 Å². The molecule has 6 nitrogen and oxygen atoms in total. The lowest BCUT2D eigenvalue weighted by Gasteiger charge is -2.22. The molecule has 0 aromatic heterocycles. The zero-order chi connectivity index (χ0) is 13.2. The summed E-state index contributed by atoms with van der Waals surface area (Å²) in [5.41, 5.74) is 0. The number of likely N-dealkylation sites (N-methyl/N-ethyl adjacent to an activating group) is 2. The summed E-state index contributed by atoms with van der Waals surface area (Å²) in [4.78, 5) is 36.9. The zero-order valence-corrected chi connectivity index (χ0v) is 10.3. The van der Waals surface area contributed by atoms with Crippen LogP contribution in [0.3, 0.4) is 0 Å². The molecule has 1 rings (SSSR count). The Hall–Kier alpha value is -1.59. The Morgan fingerprint density at radius 1 is 1.24 bits per heavy atom. The minimum Gasteiger partial charge on any atom is -0.481 e. The Balaban J connectivity index is 2.54. The third kappa shape index (κ3) is 3.18. The van der Waals surface area contributed by atoms with Gasteiger partial charge in [-0.1, -0.05) is 0 Å². The Labute approximate surface area is 100 Å². The Morgan fingerprint density at radius 3 is 2.18 bits per heavy atom. The van der Waals surface area contributed by atoms with Gasteiger partial charge in [0.1, 0.15) is 0 Å². The molecule has 2 unspecified atom stereocenters. The Morgan fingerprint density at radius 2 is 1.82 bits per heavy atom. The maximum Gasteiger partial charge on any atom is 0.307 e. The van der Waals surface area contributed by atoms with E-state index in [1.807, 2.05) is 0 Å². The minimum atomic E-state index is -0.932. The van der Waals surface area contributed by atoms with Crippen LogP contribution in [0, 0.1) is 11.8 Å². The highest BCUT2D eigenvalue weighted by Gasteiger charge is 2.49. The largest absolute Gasteiger partial charge is 0.481 e. The number of carboxylic acid groups (broad SMARTS) is 1. The standard InChI is InChI=1S/C11H18N2O4/c1-4-13(6-9(14)12(2)3)10(15)7-5-8(7)11(16)17/h7-8H,4-6H2,1-3H3,(H,16,17). The van der Waals surface area contributed by atoms with Gasteiger partial charge in [0.25, 0.3) is 0 Å². The van der Waals surface area contributed by atoms with Crippen molar-refractivity contribution in [2.75, 3.05) is 27.2 Å². The average Bonchev–Trinajstić information content (AvgIpc) is 3.04. The molecule has 2 amide bonds. The van der Waals surface area contributed by atoms with E-state index in [0.717, 1.165) is 0 Å². The van der Waals surface area contributed by atoms with E-state index in [9.17, 15) is 14.4 Å². The van der Waals surface area contributed by atoms with Crippen LogP contribution in [0.25, 0.3) is 0 Å². The molecular weight excluding hydrogens is 224 g/mol. The number of hydrogen-bond acceptors (Lipinski definition) is 3. The third-order valence-corrected chi connectivity index (χ3v) is 2.94. The first-order valence-corrected chi connectivity index (χ1v) is 5.60. The number of aliphatic carboxylic acids is 1. The summed E-state index contributed by atoms with van der Waals surface area (Å²) in [6.45, 7) is 2.21. The molecule has 1 fully saturated rings. The van der Waals surface area contributed by atoms with Crippen LogP contribution in [0.2, 0.25) is 0 Å². The van der Waals surface area contributed by atoms with Gasteiger partial charge in [0.2, 0.25) is 11.8 Å². The van der Waals surface area contributed by atoms with Crippen molar-refractivity contribution in [3.05, 3.63) is 0 Å². The molecule has 1 saturated carbocycles. The summed E-state index contributed by atoms with van der Waals surface area (Å²) in [6.07, 6.45) is 0.390. The van der Waals surface area contributed by atoms with E-state index >= 15 is 0 Å². The van der Waals surface area contributed by atoms with Crippen LogP contribution in [0.1, 0.15) is 13.3 Å². The summed E-state index contributed by atoms with van der Waals surface area (Å²) in [6, 6.07) is 0. The second kappa shape index (κ2) is 5.16. The van der Waals surface area contributed by atoms with E-state index in [1.165, 1.54) is 9.80 Å². The van der Waals surface area contributed by atoms with Gasteiger partial charge in [-0.15, -0.1) is 0 Å². The number of rotatable bonds is 5. The van der Waals surface area contributed by atoms with Crippen molar-refractivity contribution >= 4 is 17.8 Å². The molecule has 0 aliphatic heterocycles. The van der Waals surface area contributed by atoms with Crippen LogP contribution in [-0.4, -0.2) is 59.9 Å². The van der Waals surface area contributed by atoms with Crippen molar-refractivity contribution < 1.29 is 19.5 Å². The van der Waals surface area contributed by atoms with Crippen molar-refractivity contribution in [3.8, 4) is 0 Å². The normalized spacial score (nSPS) is 21.8. The molecular formula is C11H18N2O4. The molecule has 96 valence electrons. The first-order valence-electron chi connectivity index (χ1n) is 5.60. The summed E-state index contributed by atoms with van der Waals surface area (Å²) in [5.74, 6) is -2.32. The molecule has 0 saturated heterocycles. The van der Waals surface area contributed by atoms with E-state index in [4.69, 9.17) is 5.11 Å². The van der Waals surface area contributed by atoms with Crippen molar-refractivity contribution in [2.45, 2.75) is 13.3 Å². The maximum atomic E-state index is 11.9. The third-order valence-electron chi connectivity index (χ3n) is 2.94. The number of nitrogens with zero attached hydrogens (tertiary/aromatic N) is 2. The summed E-state index contributed by atoms with van der Waals surface area (Å²) < 4.78 is 0. The van der Waals surface area contributed by atoms with Crippen molar-refractivity contribution in [3.63, 3.8) is 0 Å². The molecule has 17 heavy (non-hydrogen) atoms.